The highest BCUT2D eigenvalue weighted by Crippen LogP contribution is 2.16. The van der Waals surface area contributed by atoms with Crippen molar-refractivity contribution in [1.82, 2.24) is 40.6 Å². The van der Waals surface area contributed by atoms with Crippen molar-refractivity contribution in [2.75, 3.05) is 0 Å². The maximum absolute atomic E-state index is 5.59. The smallest absolute Gasteiger partial charge is 0.444 e. The number of fused-ring (bicyclic) bond motifs is 8. The van der Waals surface area contributed by atoms with Gasteiger partial charge < -0.3 is 4.42 Å². The van der Waals surface area contributed by atoms with Gasteiger partial charge in [0.15, 0.2) is 6.20 Å². The quantitative estimate of drug-likeness (QED) is 0.256. The number of aromatic amines is 3. The first kappa shape index (κ1) is 19.3. The van der Waals surface area contributed by atoms with Gasteiger partial charge in [0.1, 0.15) is 28.9 Å². The molecule has 6 aromatic rings. The number of rotatable bonds is 2. The minimum absolute atomic E-state index is 0.516. The van der Waals surface area contributed by atoms with Crippen LogP contribution in [0.2, 0.25) is 0 Å². The molecule has 1 aliphatic heterocycles. The van der Waals surface area contributed by atoms with Crippen LogP contribution in [0.25, 0.3) is 34.9 Å². The topological polar surface area (TPSA) is 144 Å². The van der Waals surface area contributed by atoms with Gasteiger partial charge in [-0.3, -0.25) is 0 Å². The highest BCUT2D eigenvalue weighted by atomic mass is 16.3. The lowest BCUT2D eigenvalue weighted by Crippen LogP contribution is -2.60. The monoisotopic (exact) mass is 470 g/mol. The molecule has 0 unspecified atom stereocenters. The van der Waals surface area contributed by atoms with E-state index in [0.29, 0.717) is 24.2 Å². The average Bonchev–Trinajstić information content (AvgIpc) is 3.65. The predicted octanol–water partition coefficient (Wildman–Crippen LogP) is -1.72. The number of nitrogens with zero attached hydrogens (tertiary/aromatic N) is 10. The predicted molar refractivity (Wildman–Crippen MR) is 111 cm³/mol. The molecule has 6 aromatic heterocycles. The maximum atomic E-state index is 5.59. The molecule has 1 aliphatic rings. The molecule has 14 nitrogen and oxygen atoms in total. The van der Waals surface area contributed by atoms with Gasteiger partial charge in [-0.2, -0.15) is 10.2 Å². The van der Waals surface area contributed by atoms with E-state index in [1.165, 1.54) is 0 Å². The molecule has 0 radical (unpaired) electrons. The van der Waals surface area contributed by atoms with Crippen LogP contribution in [0.1, 0.15) is 16.8 Å². The zero-order chi connectivity index (χ0) is 23.5. The highest BCUT2D eigenvalue weighted by Gasteiger charge is 2.45. The van der Waals surface area contributed by atoms with Crippen LogP contribution in [0.3, 0.4) is 0 Å². The second-order valence-corrected chi connectivity index (χ2v) is 8.25. The van der Waals surface area contributed by atoms with E-state index in [0.717, 1.165) is 34.0 Å². The van der Waals surface area contributed by atoms with Crippen molar-refractivity contribution < 1.29 is 27.7 Å². The standard InChI is InChI=1S/C21H17N13O/c1-13-5-22-12-30-7-15-3-4-24-28-18(15)34-21(23-11-26-34)32-9-17(33(29-32)20(13)30)31-8-16(6-25-31)19-27-14(2)10-35-19/h3-6,8-12H,7H2,1-2H3/q+2/p+3. The molecule has 0 amide bonds. The first-order valence-electron chi connectivity index (χ1n) is 10.9. The van der Waals surface area contributed by atoms with E-state index in [4.69, 9.17) is 4.42 Å². The molecule has 0 saturated heterocycles. The van der Waals surface area contributed by atoms with Gasteiger partial charge >= 0.3 is 42.3 Å². The molecule has 0 aromatic carbocycles. The number of hydrogen-bond acceptors (Lipinski definition) is 6. The zero-order valence-corrected chi connectivity index (χ0v) is 18.8. The number of nitrogens with one attached hydrogen (secondary N) is 3. The molecule has 0 fully saturated rings. The van der Waals surface area contributed by atoms with E-state index in [1.807, 2.05) is 58.7 Å². The summed E-state index contributed by atoms with van der Waals surface area (Å²) in [6.07, 6.45) is 14.3. The summed E-state index contributed by atoms with van der Waals surface area (Å²) in [6.45, 7) is 4.43. The number of oxazole rings is 1. The highest BCUT2D eigenvalue weighted by molar-refractivity contribution is 5.48. The third kappa shape index (κ3) is 2.96. The Morgan fingerprint density at radius 3 is 2.91 bits per heavy atom. The molecule has 2 bridgehead atoms. The minimum Gasteiger partial charge on any atom is -0.444 e. The van der Waals surface area contributed by atoms with Gasteiger partial charge in [0.25, 0.3) is 0 Å². The van der Waals surface area contributed by atoms with E-state index < -0.39 is 0 Å². The van der Waals surface area contributed by atoms with Crippen molar-refractivity contribution in [2.45, 2.75) is 20.4 Å². The Bertz CT molecular complexity index is 1720. The third-order valence-electron chi connectivity index (χ3n) is 5.85. The van der Waals surface area contributed by atoms with Gasteiger partial charge in [-0.05, 0) is 29.8 Å². The number of aryl methyl sites for hydroxylation is 2. The Morgan fingerprint density at radius 1 is 1.09 bits per heavy atom. The van der Waals surface area contributed by atoms with Crippen LogP contribution < -0.4 is 23.3 Å². The van der Waals surface area contributed by atoms with Crippen molar-refractivity contribution in [1.29, 1.82) is 0 Å². The molecule has 170 valence electrons. The van der Waals surface area contributed by atoms with Crippen molar-refractivity contribution in [3.05, 3.63) is 72.8 Å². The lowest BCUT2D eigenvalue weighted by Gasteiger charge is -2.03. The molecule has 7 rings (SSSR count). The van der Waals surface area contributed by atoms with Crippen molar-refractivity contribution in [3.8, 4) is 34.9 Å². The van der Waals surface area contributed by atoms with E-state index >= 15 is 0 Å². The van der Waals surface area contributed by atoms with Crippen LogP contribution in [0.5, 0.6) is 0 Å². The molecular weight excluding hydrogens is 450 g/mol. The summed E-state index contributed by atoms with van der Waals surface area (Å²) in [6, 6.07) is 1.94. The molecule has 3 N–H and O–H groups in total. The second-order valence-electron chi connectivity index (χ2n) is 8.25. The van der Waals surface area contributed by atoms with E-state index in [1.54, 1.807) is 29.8 Å². The van der Waals surface area contributed by atoms with Crippen LogP contribution in [0.4, 0.5) is 0 Å². The number of hydrogen-bond donors (Lipinski definition) is 3. The zero-order valence-electron chi connectivity index (χ0n) is 18.8. The van der Waals surface area contributed by atoms with E-state index in [2.05, 4.69) is 45.1 Å². The van der Waals surface area contributed by atoms with Crippen molar-refractivity contribution >= 4 is 0 Å². The van der Waals surface area contributed by atoms with Gasteiger partial charge in [0.05, 0.1) is 23.7 Å². The van der Waals surface area contributed by atoms with Crippen LogP contribution in [0.15, 0.2) is 60.4 Å². The Hall–Kier alpha value is -5.14. The fourth-order valence-electron chi connectivity index (χ4n) is 4.29. The molecule has 0 saturated carbocycles. The summed E-state index contributed by atoms with van der Waals surface area (Å²) in [5.41, 5.74) is 3.56. The lowest BCUT2D eigenvalue weighted by atomic mass is 10.2. The van der Waals surface area contributed by atoms with Gasteiger partial charge in [0, 0.05) is 19.0 Å². The minimum atomic E-state index is 0.516. The Morgan fingerprint density at radius 2 is 2.03 bits per heavy atom. The van der Waals surface area contributed by atoms with Crippen LogP contribution in [-0.2, 0) is 6.54 Å². The van der Waals surface area contributed by atoms with Crippen LogP contribution >= 0.6 is 0 Å². The molecule has 0 spiro atoms. The fraction of sp³-hybridized carbons (Fsp3) is 0.143. The maximum Gasteiger partial charge on any atom is 0.686 e. The van der Waals surface area contributed by atoms with Crippen molar-refractivity contribution in [2.24, 2.45) is 0 Å². The molecule has 0 atom stereocenters. The van der Waals surface area contributed by atoms with Gasteiger partial charge in [0.2, 0.25) is 12.1 Å². The number of H-pyrrole nitrogens is 3. The average molecular weight is 470 g/mol. The Balaban J connectivity index is 1.50. The molecule has 35 heavy (non-hydrogen) atoms. The molecule has 14 heteroatoms. The summed E-state index contributed by atoms with van der Waals surface area (Å²) in [5.74, 6) is 3.46. The first-order valence-corrected chi connectivity index (χ1v) is 10.9. The SMILES string of the molecule is Cc1coc(-c2c[nH][n+](-c3c[n+]4[nH][n+]3-c3c(C)cnc[n+]3Cc3ccnnc3-[n+]3[nH]cnc3-4)c2)n1. The molecular formula is C21H20N13O+5. The van der Waals surface area contributed by atoms with Gasteiger partial charge in [-0.15, -0.1) is 9.67 Å². The molecule has 7 heterocycles. The van der Waals surface area contributed by atoms with Gasteiger partial charge in [-0.25, -0.2) is 4.98 Å². The molecule has 0 aliphatic carbocycles. The first-order chi connectivity index (χ1) is 17.2. The fourth-order valence-corrected chi connectivity index (χ4v) is 4.29. The Labute approximate surface area is 196 Å². The van der Waals surface area contributed by atoms with E-state index in [9.17, 15) is 0 Å². The second kappa shape index (κ2) is 7.18. The summed E-state index contributed by atoms with van der Waals surface area (Å²) in [7, 11) is 0. The summed E-state index contributed by atoms with van der Waals surface area (Å²) >= 11 is 0. The van der Waals surface area contributed by atoms with E-state index in [-0.39, 0.29) is 0 Å². The summed E-state index contributed by atoms with van der Waals surface area (Å²) < 4.78 is 15.1. The largest absolute Gasteiger partial charge is 0.686 e. The lowest BCUT2D eigenvalue weighted by molar-refractivity contribution is -0.912. The summed E-state index contributed by atoms with van der Waals surface area (Å²) in [4.78, 5) is 13.4. The van der Waals surface area contributed by atoms with Crippen LogP contribution in [-0.4, -0.2) is 40.6 Å². The third-order valence-corrected chi connectivity index (χ3v) is 5.85. The number of aromatic nitrogens is 13. The van der Waals surface area contributed by atoms with Crippen molar-refractivity contribution in [3.63, 3.8) is 0 Å². The summed E-state index contributed by atoms with van der Waals surface area (Å²) in [5, 5.41) is 18.3. The van der Waals surface area contributed by atoms with Crippen LogP contribution in [0, 0.1) is 13.8 Å². The van der Waals surface area contributed by atoms with Gasteiger partial charge in [-0.1, -0.05) is 5.10 Å². The normalized spacial score (nSPS) is 12.2. The Kier molecular flexibility index (Phi) is 3.97.